The Kier molecular flexibility index (Phi) is 12.0. The zero-order valence-corrected chi connectivity index (χ0v) is 29.6. The first-order chi connectivity index (χ1) is 23.2. The van der Waals surface area contributed by atoms with Crippen molar-refractivity contribution in [1.29, 1.82) is 0 Å². The molecule has 1 aromatic heterocycles. The largest absolute Gasteiger partial charge is 0.487 e. The smallest absolute Gasteiger partial charge is 0.417 e. The topological polar surface area (TPSA) is 113 Å². The molecule has 264 valence electrons. The lowest BCUT2D eigenvalue weighted by molar-refractivity contribution is -0.137. The molecular formula is C33H34Cl3F3N4O5S. The second-order valence-electron chi connectivity index (χ2n) is 11.9. The minimum absolute atomic E-state index is 0.00498. The zero-order valence-electron chi connectivity index (χ0n) is 26.5. The van der Waals surface area contributed by atoms with Crippen LogP contribution in [0.5, 0.6) is 10.9 Å². The number of aryl methyl sites for hydroxylation is 1. The van der Waals surface area contributed by atoms with Gasteiger partial charge in [-0.25, -0.2) is 9.78 Å². The summed E-state index contributed by atoms with van der Waals surface area (Å²) >= 11 is 19.4. The number of piperazine rings is 1. The third-order valence-electron chi connectivity index (χ3n) is 8.10. The molecule has 1 aliphatic carbocycles. The number of carbonyl (C=O) groups is 2. The van der Waals surface area contributed by atoms with E-state index in [9.17, 15) is 27.9 Å². The van der Waals surface area contributed by atoms with Crippen LogP contribution in [0.4, 0.5) is 13.2 Å². The number of hydrogen-bond acceptors (Lipinski definition) is 8. The second kappa shape index (κ2) is 15.9. The van der Waals surface area contributed by atoms with Crippen molar-refractivity contribution in [3.63, 3.8) is 0 Å². The number of thiazole rings is 1. The van der Waals surface area contributed by atoms with Gasteiger partial charge in [-0.3, -0.25) is 4.79 Å². The highest BCUT2D eigenvalue weighted by molar-refractivity contribution is 7.14. The van der Waals surface area contributed by atoms with E-state index in [0.29, 0.717) is 58.6 Å². The molecule has 3 aliphatic rings. The Balaban J connectivity index is 0.000000244. The van der Waals surface area contributed by atoms with Gasteiger partial charge in [-0.1, -0.05) is 58.3 Å². The summed E-state index contributed by atoms with van der Waals surface area (Å²) < 4.78 is 49.0. The van der Waals surface area contributed by atoms with Crippen molar-refractivity contribution in [1.82, 2.24) is 20.5 Å². The van der Waals surface area contributed by atoms with Crippen molar-refractivity contribution >= 4 is 63.6 Å². The highest BCUT2D eigenvalue weighted by Gasteiger charge is 2.39. The number of carbonyl (C=O) groups excluding carboxylic acids is 1. The van der Waals surface area contributed by atoms with Gasteiger partial charge in [-0.05, 0) is 61.1 Å². The minimum Gasteiger partial charge on any atom is -0.487 e. The van der Waals surface area contributed by atoms with Crippen LogP contribution in [0.1, 0.15) is 47.8 Å². The number of carboxylic acid groups (broad SMARTS) is 1. The van der Waals surface area contributed by atoms with E-state index in [1.165, 1.54) is 24.3 Å². The van der Waals surface area contributed by atoms with Crippen molar-refractivity contribution in [3.05, 3.63) is 78.7 Å². The van der Waals surface area contributed by atoms with Crippen LogP contribution in [0, 0.1) is 6.92 Å². The summed E-state index contributed by atoms with van der Waals surface area (Å²) in [5, 5.41) is 17.4. The SMILES string of the molecule is CC(=O)N1C[C@H]2CC(c3cnc(OCCOc4c(Cl)cc(C)cc4Cl)s3)=C(C(=O)O)[C@@H](C1)N2.FC(F)(F)c1cccc(CNC2CC2)c1Cl. The van der Waals surface area contributed by atoms with Crippen LogP contribution in [-0.2, 0) is 22.3 Å². The summed E-state index contributed by atoms with van der Waals surface area (Å²) in [6.07, 6.45) is -0.0620. The first kappa shape index (κ1) is 37.2. The van der Waals surface area contributed by atoms with Gasteiger partial charge < -0.3 is 30.1 Å². The number of halogens is 6. The maximum Gasteiger partial charge on any atom is 0.417 e. The van der Waals surface area contributed by atoms with Crippen molar-refractivity contribution in [2.45, 2.75) is 64.0 Å². The number of amides is 1. The highest BCUT2D eigenvalue weighted by atomic mass is 35.5. The number of hydrogen-bond donors (Lipinski definition) is 3. The predicted molar refractivity (Wildman–Crippen MR) is 183 cm³/mol. The monoisotopic (exact) mass is 760 g/mol. The average Bonchev–Trinajstić information content (AvgIpc) is 3.73. The van der Waals surface area contributed by atoms with E-state index in [2.05, 4.69) is 15.6 Å². The summed E-state index contributed by atoms with van der Waals surface area (Å²) in [5.41, 5.74) is 1.70. The van der Waals surface area contributed by atoms with Gasteiger partial charge in [0.15, 0.2) is 5.75 Å². The maximum absolute atomic E-state index is 12.5. The Morgan fingerprint density at radius 1 is 1.12 bits per heavy atom. The molecule has 0 spiro atoms. The number of alkyl halides is 3. The molecule has 3 heterocycles. The molecule has 1 saturated carbocycles. The summed E-state index contributed by atoms with van der Waals surface area (Å²) in [5.74, 6) is -0.643. The first-order valence-corrected chi connectivity index (χ1v) is 17.4. The zero-order chi connectivity index (χ0) is 35.5. The number of nitrogens with zero attached hydrogens (tertiary/aromatic N) is 2. The van der Waals surface area contributed by atoms with Gasteiger partial charge >= 0.3 is 12.1 Å². The fraction of sp³-hybridized carbons (Fsp3) is 0.424. The molecule has 0 radical (unpaired) electrons. The Morgan fingerprint density at radius 2 is 1.82 bits per heavy atom. The van der Waals surface area contributed by atoms with E-state index < -0.39 is 23.8 Å². The van der Waals surface area contributed by atoms with Crippen molar-refractivity contribution < 1.29 is 37.3 Å². The van der Waals surface area contributed by atoms with E-state index in [4.69, 9.17) is 44.3 Å². The van der Waals surface area contributed by atoms with Crippen LogP contribution < -0.4 is 20.1 Å². The predicted octanol–water partition coefficient (Wildman–Crippen LogP) is 7.26. The van der Waals surface area contributed by atoms with E-state index in [0.717, 1.165) is 34.9 Å². The van der Waals surface area contributed by atoms with E-state index in [1.54, 1.807) is 29.3 Å². The van der Waals surface area contributed by atoms with Gasteiger partial charge in [0, 0.05) is 44.8 Å². The summed E-state index contributed by atoms with van der Waals surface area (Å²) in [6, 6.07) is 7.58. The molecule has 1 amide bonds. The fourth-order valence-corrected chi connectivity index (χ4v) is 7.49. The lowest BCUT2D eigenvalue weighted by Gasteiger charge is -2.43. The van der Waals surface area contributed by atoms with Crippen LogP contribution in [0.15, 0.2) is 42.1 Å². The number of fused-ring (bicyclic) bond motifs is 2. The highest BCUT2D eigenvalue weighted by Crippen LogP contribution is 2.39. The van der Waals surface area contributed by atoms with E-state index >= 15 is 0 Å². The minimum atomic E-state index is -4.38. The first-order valence-electron chi connectivity index (χ1n) is 15.4. The van der Waals surface area contributed by atoms with Gasteiger partial charge in [0.05, 0.1) is 37.1 Å². The lowest BCUT2D eigenvalue weighted by atomic mass is 9.86. The second-order valence-corrected chi connectivity index (χ2v) is 14.1. The van der Waals surface area contributed by atoms with Gasteiger partial charge in [-0.15, -0.1) is 0 Å². The molecule has 2 atom stereocenters. The molecule has 49 heavy (non-hydrogen) atoms. The number of nitrogens with one attached hydrogen (secondary N) is 2. The molecule has 2 aromatic carbocycles. The molecule has 2 aliphatic heterocycles. The maximum atomic E-state index is 12.5. The van der Waals surface area contributed by atoms with Gasteiger partial charge in [0.25, 0.3) is 5.19 Å². The standard InChI is InChI=1S/C22H23Cl2N3O5S.C11H11ClF3N/c1-11-5-15(23)20(16(24)6-11)31-3-4-32-22-25-8-18(33-22)14-7-13-9-27(12(2)28)10-17(26-13)19(14)21(29)30;12-10-7(6-16-8-4-5-8)2-1-3-9(10)11(13,14)15/h5-6,8,13,17,26H,3-4,7,9-10H2,1-2H3,(H,29,30);1-3,8,16H,4-6H2/t13-,17-;/m1./s1. The average molecular weight is 762 g/mol. The van der Waals surface area contributed by atoms with E-state index in [1.807, 2.05) is 6.92 Å². The Hall–Kier alpha value is -3.07. The third-order valence-corrected chi connectivity index (χ3v) is 10.1. The summed E-state index contributed by atoms with van der Waals surface area (Å²) in [7, 11) is 0. The molecule has 3 N–H and O–H groups in total. The molecule has 0 unspecified atom stereocenters. The molecule has 9 nitrogen and oxygen atoms in total. The fourth-order valence-electron chi connectivity index (χ4n) is 5.62. The molecule has 1 saturated heterocycles. The molecule has 6 rings (SSSR count). The Labute approximate surface area is 300 Å². The number of rotatable bonds is 10. The number of ether oxygens (including phenoxy) is 2. The van der Waals surface area contributed by atoms with Gasteiger partial charge in [0.1, 0.15) is 13.2 Å². The Bertz CT molecular complexity index is 1710. The molecule has 3 aromatic rings. The van der Waals surface area contributed by atoms with Crippen LogP contribution in [0.25, 0.3) is 5.57 Å². The lowest BCUT2D eigenvalue weighted by Crippen LogP contribution is -2.61. The van der Waals surface area contributed by atoms with Crippen LogP contribution in [0.2, 0.25) is 15.1 Å². The van der Waals surface area contributed by atoms with Crippen molar-refractivity contribution in [2.24, 2.45) is 0 Å². The number of carboxylic acids is 1. The summed E-state index contributed by atoms with van der Waals surface area (Å²) in [6.45, 7) is 5.11. The molecular weight excluding hydrogens is 728 g/mol. The van der Waals surface area contributed by atoms with Crippen molar-refractivity contribution in [3.8, 4) is 10.9 Å². The van der Waals surface area contributed by atoms with Crippen LogP contribution in [-0.4, -0.2) is 71.3 Å². The number of aliphatic carboxylic acids is 1. The molecule has 2 fully saturated rings. The molecule has 2 bridgehead atoms. The van der Waals surface area contributed by atoms with Gasteiger partial charge in [0.2, 0.25) is 5.91 Å². The molecule has 16 heteroatoms. The normalized spacial score (nSPS) is 18.9. The Morgan fingerprint density at radius 3 is 2.45 bits per heavy atom. The third kappa shape index (κ3) is 9.59. The van der Waals surface area contributed by atoms with Crippen LogP contribution in [0.3, 0.4) is 0 Å². The van der Waals surface area contributed by atoms with Crippen molar-refractivity contribution in [2.75, 3.05) is 26.3 Å². The number of aromatic nitrogens is 1. The van der Waals surface area contributed by atoms with Gasteiger partial charge in [-0.2, -0.15) is 13.2 Å². The van der Waals surface area contributed by atoms with E-state index in [-0.39, 0.29) is 35.8 Å². The summed E-state index contributed by atoms with van der Waals surface area (Å²) in [4.78, 5) is 30.6. The van der Waals surface area contributed by atoms with Crippen LogP contribution >= 0.6 is 46.1 Å². The number of benzene rings is 2. The quantitative estimate of drug-likeness (QED) is 0.185.